The number of rotatable bonds is 0. The van der Waals surface area contributed by atoms with Crippen molar-refractivity contribution in [3.05, 3.63) is 12.2 Å². The van der Waals surface area contributed by atoms with Gasteiger partial charge in [-0.05, 0) is 12.5 Å². The molecule has 0 nitrogen and oxygen atoms in total. The third kappa shape index (κ3) is 0.981. The van der Waals surface area contributed by atoms with Gasteiger partial charge in [-0.15, -0.1) is 0 Å². The Kier molecular flexibility index (Phi) is 0.873. The lowest BCUT2D eigenvalue weighted by atomic mass is 10.3. The molecule has 1 aliphatic rings. The summed E-state index contributed by atoms with van der Waals surface area (Å²) in [6, 6.07) is 0. The van der Waals surface area contributed by atoms with Crippen LogP contribution in [0.15, 0.2) is 12.2 Å². The SMILES string of the molecule is FC1(F)C=CCC1. The van der Waals surface area contributed by atoms with Crippen molar-refractivity contribution in [1.29, 1.82) is 0 Å². The molecule has 0 aromatic rings. The monoisotopic (exact) mass is 104 g/mol. The molecule has 0 bridgehead atoms. The minimum atomic E-state index is -2.49. The van der Waals surface area contributed by atoms with Crippen molar-refractivity contribution in [2.75, 3.05) is 0 Å². The summed E-state index contributed by atoms with van der Waals surface area (Å²) in [5.41, 5.74) is 0. The Morgan fingerprint density at radius 3 is 2.29 bits per heavy atom. The summed E-state index contributed by atoms with van der Waals surface area (Å²) in [5, 5.41) is 0. The average Bonchev–Trinajstić information content (AvgIpc) is 1.84. The number of alkyl halides is 2. The van der Waals surface area contributed by atoms with Gasteiger partial charge >= 0.3 is 0 Å². The van der Waals surface area contributed by atoms with Crippen molar-refractivity contribution in [2.45, 2.75) is 18.8 Å². The molecule has 0 unspecified atom stereocenters. The molecule has 0 aromatic carbocycles. The first-order chi connectivity index (χ1) is 3.21. The Hall–Kier alpha value is -0.400. The fourth-order valence-corrected chi connectivity index (χ4v) is 0.615. The third-order valence-corrected chi connectivity index (χ3v) is 1.01. The first-order valence-electron chi connectivity index (χ1n) is 2.26. The van der Waals surface area contributed by atoms with Crippen LogP contribution in [-0.2, 0) is 0 Å². The molecule has 0 radical (unpaired) electrons. The molecule has 0 N–H and O–H groups in total. The Morgan fingerprint density at radius 2 is 2.14 bits per heavy atom. The number of allylic oxidation sites excluding steroid dienone is 2. The maximum absolute atomic E-state index is 11.9. The first kappa shape index (κ1) is 4.75. The fraction of sp³-hybridized carbons (Fsp3) is 0.600. The predicted molar refractivity (Wildman–Crippen MR) is 23.3 cm³/mol. The van der Waals surface area contributed by atoms with Crippen LogP contribution in [-0.4, -0.2) is 5.92 Å². The highest BCUT2D eigenvalue weighted by Crippen LogP contribution is 2.27. The van der Waals surface area contributed by atoms with Crippen LogP contribution in [0.2, 0.25) is 0 Å². The summed E-state index contributed by atoms with van der Waals surface area (Å²) in [7, 11) is 0. The lowest BCUT2D eigenvalue weighted by Crippen LogP contribution is -2.05. The molecular weight excluding hydrogens is 98.1 g/mol. The molecule has 0 aliphatic heterocycles. The van der Waals surface area contributed by atoms with Gasteiger partial charge in [0, 0.05) is 6.42 Å². The Labute approximate surface area is 40.8 Å². The quantitative estimate of drug-likeness (QED) is 0.412. The molecule has 0 saturated heterocycles. The van der Waals surface area contributed by atoms with Crippen LogP contribution in [0.1, 0.15) is 12.8 Å². The first-order valence-corrected chi connectivity index (χ1v) is 2.26. The zero-order valence-electron chi connectivity index (χ0n) is 3.82. The second-order valence-electron chi connectivity index (χ2n) is 1.70. The van der Waals surface area contributed by atoms with Gasteiger partial charge in [-0.2, -0.15) is 0 Å². The molecule has 1 aliphatic carbocycles. The maximum Gasteiger partial charge on any atom is 0.266 e. The fourth-order valence-electron chi connectivity index (χ4n) is 0.615. The molecule has 0 saturated carbocycles. The van der Waals surface area contributed by atoms with Crippen LogP contribution in [0.25, 0.3) is 0 Å². The van der Waals surface area contributed by atoms with Gasteiger partial charge in [0.2, 0.25) is 0 Å². The zero-order valence-corrected chi connectivity index (χ0v) is 3.82. The highest BCUT2D eigenvalue weighted by atomic mass is 19.3. The number of hydrogen-bond acceptors (Lipinski definition) is 0. The van der Waals surface area contributed by atoms with Crippen LogP contribution in [0.4, 0.5) is 8.78 Å². The van der Waals surface area contributed by atoms with Gasteiger partial charge in [0.25, 0.3) is 5.92 Å². The van der Waals surface area contributed by atoms with E-state index in [0.29, 0.717) is 6.42 Å². The maximum atomic E-state index is 11.9. The Morgan fingerprint density at radius 1 is 1.43 bits per heavy atom. The largest absolute Gasteiger partial charge is 0.266 e. The summed E-state index contributed by atoms with van der Waals surface area (Å²) >= 11 is 0. The molecular formula is C5H6F2. The van der Waals surface area contributed by atoms with Crippen LogP contribution >= 0.6 is 0 Å². The summed E-state index contributed by atoms with van der Waals surface area (Å²) in [6.45, 7) is 0. The minimum absolute atomic E-state index is 0.00694. The molecule has 0 atom stereocenters. The van der Waals surface area contributed by atoms with Crippen LogP contribution < -0.4 is 0 Å². The third-order valence-electron chi connectivity index (χ3n) is 1.01. The highest BCUT2D eigenvalue weighted by Gasteiger charge is 2.26. The van der Waals surface area contributed by atoms with Gasteiger partial charge in [0.1, 0.15) is 0 Å². The Bertz CT molecular complexity index is 94.3. The highest BCUT2D eigenvalue weighted by molar-refractivity contribution is 5.02. The van der Waals surface area contributed by atoms with Crippen molar-refractivity contribution >= 4 is 0 Å². The van der Waals surface area contributed by atoms with Crippen LogP contribution in [0.5, 0.6) is 0 Å². The van der Waals surface area contributed by atoms with Crippen LogP contribution in [0.3, 0.4) is 0 Å². The van der Waals surface area contributed by atoms with Gasteiger partial charge < -0.3 is 0 Å². The van der Waals surface area contributed by atoms with E-state index in [2.05, 4.69) is 0 Å². The van der Waals surface area contributed by atoms with Gasteiger partial charge in [-0.3, -0.25) is 0 Å². The van der Waals surface area contributed by atoms with E-state index in [9.17, 15) is 8.78 Å². The standard InChI is InChI=1S/C5H6F2/c6-5(7)3-1-2-4-5/h1,3H,2,4H2. The summed E-state index contributed by atoms with van der Waals surface area (Å²) < 4.78 is 23.7. The van der Waals surface area contributed by atoms with E-state index in [4.69, 9.17) is 0 Å². The van der Waals surface area contributed by atoms with Gasteiger partial charge in [-0.25, -0.2) is 8.78 Å². The van der Waals surface area contributed by atoms with Gasteiger partial charge in [-0.1, -0.05) is 6.08 Å². The predicted octanol–water partition coefficient (Wildman–Crippen LogP) is 1.97. The van der Waals surface area contributed by atoms with E-state index >= 15 is 0 Å². The summed E-state index contributed by atoms with van der Waals surface area (Å²) in [5.74, 6) is -2.49. The molecule has 40 valence electrons. The minimum Gasteiger partial charge on any atom is -0.202 e. The van der Waals surface area contributed by atoms with E-state index in [0.717, 1.165) is 6.08 Å². The van der Waals surface area contributed by atoms with Gasteiger partial charge in [0.15, 0.2) is 0 Å². The molecule has 1 rings (SSSR count). The van der Waals surface area contributed by atoms with E-state index < -0.39 is 5.92 Å². The Balaban J connectivity index is 2.57. The zero-order chi connectivity index (χ0) is 5.33. The molecule has 0 fully saturated rings. The van der Waals surface area contributed by atoms with Crippen molar-refractivity contribution in [2.24, 2.45) is 0 Å². The second kappa shape index (κ2) is 1.29. The van der Waals surface area contributed by atoms with E-state index in [1.807, 2.05) is 0 Å². The van der Waals surface area contributed by atoms with Crippen LogP contribution in [0, 0.1) is 0 Å². The van der Waals surface area contributed by atoms with Crippen molar-refractivity contribution in [3.8, 4) is 0 Å². The van der Waals surface area contributed by atoms with E-state index in [1.165, 1.54) is 6.08 Å². The molecule has 0 amide bonds. The summed E-state index contributed by atoms with van der Waals surface area (Å²) in [6.07, 6.45) is 3.02. The smallest absolute Gasteiger partial charge is 0.202 e. The van der Waals surface area contributed by atoms with Gasteiger partial charge in [0.05, 0.1) is 0 Å². The lowest BCUT2D eigenvalue weighted by Gasteiger charge is -2.00. The lowest BCUT2D eigenvalue weighted by molar-refractivity contribution is 0.0555. The molecule has 0 heterocycles. The molecule has 0 spiro atoms. The molecule has 2 heteroatoms. The molecule has 0 aromatic heterocycles. The van der Waals surface area contributed by atoms with Crippen molar-refractivity contribution < 1.29 is 8.78 Å². The normalized spacial score (nSPS) is 26.0. The summed E-state index contributed by atoms with van der Waals surface area (Å²) in [4.78, 5) is 0. The average molecular weight is 104 g/mol. The molecule has 7 heavy (non-hydrogen) atoms. The van der Waals surface area contributed by atoms with E-state index in [-0.39, 0.29) is 6.42 Å². The van der Waals surface area contributed by atoms with E-state index in [1.54, 1.807) is 0 Å². The van der Waals surface area contributed by atoms with Crippen molar-refractivity contribution in [1.82, 2.24) is 0 Å². The topological polar surface area (TPSA) is 0 Å². The number of hydrogen-bond donors (Lipinski definition) is 0. The number of halogens is 2. The van der Waals surface area contributed by atoms with Crippen molar-refractivity contribution in [3.63, 3.8) is 0 Å². The second-order valence-corrected chi connectivity index (χ2v) is 1.70.